The van der Waals surface area contributed by atoms with Crippen LogP contribution in [0.4, 0.5) is 14.9 Å². The molecule has 5 nitrogen and oxygen atoms in total. The maximum atomic E-state index is 13.5. The van der Waals surface area contributed by atoms with Crippen LogP contribution in [-0.4, -0.2) is 25.8 Å². The van der Waals surface area contributed by atoms with Gasteiger partial charge in [0.05, 0.1) is 5.69 Å². The molecule has 0 bridgehead atoms. The van der Waals surface area contributed by atoms with E-state index in [9.17, 15) is 9.18 Å². The first-order chi connectivity index (χ1) is 11.6. The highest BCUT2D eigenvalue weighted by atomic mass is 79.9. The second-order valence-electron chi connectivity index (χ2n) is 5.20. The highest BCUT2D eigenvalue weighted by Gasteiger charge is 2.16. The van der Waals surface area contributed by atoms with Gasteiger partial charge in [0.25, 0.3) is 0 Å². The number of halogens is 2. The lowest BCUT2D eigenvalue weighted by atomic mass is 10.1. The SMILES string of the molecule is O=C(NCCc1ccccc1F)Nc1cc2c(cc1Br)OCCO2. The van der Waals surface area contributed by atoms with Crippen LogP contribution in [-0.2, 0) is 6.42 Å². The molecule has 1 heterocycles. The van der Waals surface area contributed by atoms with Gasteiger partial charge in [0.2, 0.25) is 0 Å². The van der Waals surface area contributed by atoms with Gasteiger partial charge in [0.15, 0.2) is 11.5 Å². The van der Waals surface area contributed by atoms with Crippen LogP contribution in [0.15, 0.2) is 40.9 Å². The highest BCUT2D eigenvalue weighted by Crippen LogP contribution is 2.38. The smallest absolute Gasteiger partial charge is 0.319 e. The van der Waals surface area contributed by atoms with Crippen molar-refractivity contribution in [2.24, 2.45) is 0 Å². The second kappa shape index (κ2) is 7.53. The minimum atomic E-state index is -0.372. The summed E-state index contributed by atoms with van der Waals surface area (Å²) < 4.78 is 25.2. The minimum Gasteiger partial charge on any atom is -0.486 e. The summed E-state index contributed by atoms with van der Waals surface area (Å²) in [6.07, 6.45) is 0.419. The van der Waals surface area contributed by atoms with Crippen LogP contribution >= 0.6 is 15.9 Å². The van der Waals surface area contributed by atoms with Gasteiger partial charge in [-0.15, -0.1) is 0 Å². The van der Waals surface area contributed by atoms with Crippen molar-refractivity contribution in [2.75, 3.05) is 25.1 Å². The van der Waals surface area contributed by atoms with Gasteiger partial charge >= 0.3 is 6.03 Å². The van der Waals surface area contributed by atoms with Gasteiger partial charge in [-0.3, -0.25) is 0 Å². The zero-order valence-electron chi connectivity index (χ0n) is 12.8. The number of amides is 2. The zero-order chi connectivity index (χ0) is 16.9. The summed E-state index contributed by atoms with van der Waals surface area (Å²) in [5.74, 6) is 0.957. The normalized spacial score (nSPS) is 12.6. The molecule has 0 aliphatic carbocycles. The van der Waals surface area contributed by atoms with Gasteiger partial charge in [-0.2, -0.15) is 0 Å². The van der Waals surface area contributed by atoms with Crippen LogP contribution in [0.3, 0.4) is 0 Å². The molecule has 0 aromatic heterocycles. The van der Waals surface area contributed by atoms with Crippen molar-refractivity contribution in [3.63, 3.8) is 0 Å². The Morgan fingerprint density at radius 3 is 2.62 bits per heavy atom. The van der Waals surface area contributed by atoms with Crippen LogP contribution in [0.1, 0.15) is 5.56 Å². The number of rotatable bonds is 4. The van der Waals surface area contributed by atoms with Gasteiger partial charge in [0.1, 0.15) is 19.0 Å². The first-order valence-corrected chi connectivity index (χ1v) is 8.30. The standard InChI is InChI=1S/C17H16BrFN2O3/c18-12-9-15-16(24-8-7-23-15)10-14(12)21-17(22)20-6-5-11-3-1-2-4-13(11)19/h1-4,9-10H,5-8H2,(H2,20,21,22). The van der Waals surface area contributed by atoms with Gasteiger partial charge < -0.3 is 20.1 Å². The Morgan fingerprint density at radius 1 is 1.17 bits per heavy atom. The van der Waals surface area contributed by atoms with E-state index < -0.39 is 0 Å². The summed E-state index contributed by atoms with van der Waals surface area (Å²) >= 11 is 3.39. The summed E-state index contributed by atoms with van der Waals surface area (Å²) in [5, 5.41) is 5.44. The molecule has 1 aliphatic heterocycles. The molecule has 0 unspecified atom stereocenters. The van der Waals surface area contributed by atoms with E-state index in [1.807, 2.05) is 0 Å². The van der Waals surface area contributed by atoms with Crippen LogP contribution in [0, 0.1) is 5.82 Å². The van der Waals surface area contributed by atoms with E-state index in [4.69, 9.17) is 9.47 Å². The van der Waals surface area contributed by atoms with Crippen molar-refractivity contribution in [1.29, 1.82) is 0 Å². The molecule has 24 heavy (non-hydrogen) atoms. The first-order valence-electron chi connectivity index (χ1n) is 7.51. The number of urea groups is 1. The predicted molar refractivity (Wildman–Crippen MR) is 92.3 cm³/mol. The molecule has 0 saturated carbocycles. The molecule has 126 valence electrons. The van der Waals surface area contributed by atoms with E-state index >= 15 is 0 Å². The lowest BCUT2D eigenvalue weighted by Crippen LogP contribution is -2.30. The topological polar surface area (TPSA) is 59.6 Å². The van der Waals surface area contributed by atoms with Crippen LogP contribution < -0.4 is 20.1 Å². The molecule has 2 N–H and O–H groups in total. The summed E-state index contributed by atoms with van der Waals surface area (Å²) in [4.78, 5) is 12.0. The Labute approximate surface area is 147 Å². The van der Waals surface area contributed by atoms with Crippen molar-refractivity contribution in [3.05, 3.63) is 52.3 Å². The first kappa shape index (κ1) is 16.6. The minimum absolute atomic E-state index is 0.269. The van der Waals surface area contributed by atoms with E-state index in [2.05, 4.69) is 26.6 Å². The number of hydrogen-bond donors (Lipinski definition) is 2. The largest absolute Gasteiger partial charge is 0.486 e. The quantitative estimate of drug-likeness (QED) is 0.830. The molecule has 0 saturated heterocycles. The molecule has 2 amide bonds. The number of carbonyl (C=O) groups excluding carboxylic acids is 1. The number of fused-ring (bicyclic) bond motifs is 1. The fourth-order valence-electron chi connectivity index (χ4n) is 2.34. The Kier molecular flexibility index (Phi) is 5.20. The van der Waals surface area contributed by atoms with Crippen molar-refractivity contribution < 1.29 is 18.7 Å². The fourth-order valence-corrected chi connectivity index (χ4v) is 2.76. The lowest BCUT2D eigenvalue weighted by Gasteiger charge is -2.20. The fraction of sp³-hybridized carbons (Fsp3) is 0.235. The number of benzene rings is 2. The number of ether oxygens (including phenoxy) is 2. The highest BCUT2D eigenvalue weighted by molar-refractivity contribution is 9.10. The molecule has 7 heteroatoms. The molecule has 2 aromatic carbocycles. The summed E-state index contributed by atoms with van der Waals surface area (Å²) in [5.41, 5.74) is 1.14. The van der Waals surface area contributed by atoms with Gasteiger partial charge in [-0.1, -0.05) is 18.2 Å². The number of nitrogens with one attached hydrogen (secondary N) is 2. The average molecular weight is 395 g/mol. The predicted octanol–water partition coefficient (Wildman–Crippen LogP) is 3.72. The number of carbonyl (C=O) groups is 1. The average Bonchev–Trinajstić information content (AvgIpc) is 2.57. The third-order valence-electron chi connectivity index (χ3n) is 3.52. The van der Waals surface area contributed by atoms with Gasteiger partial charge in [0, 0.05) is 23.2 Å². The van der Waals surface area contributed by atoms with E-state index in [0.29, 0.717) is 53.4 Å². The van der Waals surface area contributed by atoms with E-state index in [1.54, 1.807) is 30.3 Å². The molecule has 3 rings (SSSR count). The monoisotopic (exact) mass is 394 g/mol. The van der Waals surface area contributed by atoms with Crippen molar-refractivity contribution in [1.82, 2.24) is 5.32 Å². The Morgan fingerprint density at radius 2 is 1.88 bits per heavy atom. The van der Waals surface area contributed by atoms with E-state index in [1.165, 1.54) is 6.07 Å². The third kappa shape index (κ3) is 3.97. The molecular weight excluding hydrogens is 379 g/mol. The van der Waals surface area contributed by atoms with Crippen LogP contribution in [0.2, 0.25) is 0 Å². The molecule has 0 fully saturated rings. The molecule has 0 radical (unpaired) electrons. The second-order valence-corrected chi connectivity index (χ2v) is 6.05. The Balaban J connectivity index is 1.56. The zero-order valence-corrected chi connectivity index (χ0v) is 14.4. The Bertz CT molecular complexity index is 755. The summed E-state index contributed by atoms with van der Waals surface area (Å²) in [6.45, 7) is 1.31. The lowest BCUT2D eigenvalue weighted by molar-refractivity contribution is 0.171. The van der Waals surface area contributed by atoms with Gasteiger partial charge in [-0.05, 0) is 34.0 Å². The molecule has 1 aliphatic rings. The summed E-state index contributed by atoms with van der Waals surface area (Å²) in [6, 6.07) is 9.60. The van der Waals surface area contributed by atoms with E-state index in [-0.39, 0.29) is 11.8 Å². The molecule has 0 atom stereocenters. The van der Waals surface area contributed by atoms with Crippen LogP contribution in [0.5, 0.6) is 11.5 Å². The van der Waals surface area contributed by atoms with Crippen molar-refractivity contribution in [3.8, 4) is 11.5 Å². The Hall–Kier alpha value is -2.28. The van der Waals surface area contributed by atoms with Crippen LogP contribution in [0.25, 0.3) is 0 Å². The van der Waals surface area contributed by atoms with Gasteiger partial charge in [-0.25, -0.2) is 9.18 Å². The number of anilines is 1. The third-order valence-corrected chi connectivity index (χ3v) is 4.17. The maximum absolute atomic E-state index is 13.5. The van der Waals surface area contributed by atoms with Crippen molar-refractivity contribution in [2.45, 2.75) is 6.42 Å². The summed E-state index contributed by atoms with van der Waals surface area (Å²) in [7, 11) is 0. The molecule has 0 spiro atoms. The maximum Gasteiger partial charge on any atom is 0.319 e. The molecular formula is C17H16BrFN2O3. The van der Waals surface area contributed by atoms with E-state index in [0.717, 1.165) is 0 Å². The molecule has 2 aromatic rings. The van der Waals surface area contributed by atoms with Crippen molar-refractivity contribution >= 4 is 27.6 Å². The number of hydrogen-bond acceptors (Lipinski definition) is 3.